The van der Waals surface area contributed by atoms with Crippen molar-refractivity contribution in [2.24, 2.45) is 0 Å². The highest BCUT2D eigenvalue weighted by Crippen LogP contribution is 2.21. The van der Waals surface area contributed by atoms with Gasteiger partial charge in [-0.25, -0.2) is 0 Å². The smallest absolute Gasteiger partial charge is 0.0932 e. The maximum atomic E-state index is 8.68. The van der Waals surface area contributed by atoms with Gasteiger partial charge in [0.2, 0.25) is 0 Å². The molecule has 0 spiro atoms. The first-order valence-electron chi connectivity index (χ1n) is 3.55. The van der Waals surface area contributed by atoms with Gasteiger partial charge in [0.05, 0.1) is 5.94 Å². The molecule has 1 rings (SSSR count). The third-order valence-corrected chi connectivity index (χ3v) is 2.45. The van der Waals surface area contributed by atoms with Gasteiger partial charge in [-0.05, 0) is 25.5 Å². The van der Waals surface area contributed by atoms with Crippen LogP contribution in [-0.2, 0) is 0 Å². The van der Waals surface area contributed by atoms with Crippen LogP contribution in [-0.4, -0.2) is 11.0 Å². The van der Waals surface area contributed by atoms with Crippen molar-refractivity contribution in [3.63, 3.8) is 0 Å². The van der Waals surface area contributed by atoms with Gasteiger partial charge in [0, 0.05) is 4.90 Å². The highest BCUT2D eigenvalue weighted by molar-refractivity contribution is 7.99. The molecular formula is C9H12OS. The molecule has 0 aliphatic rings. The molecule has 0 saturated heterocycles. The fraction of sp³-hybridized carbons (Fsp3) is 0.333. The van der Waals surface area contributed by atoms with Crippen molar-refractivity contribution in [1.29, 1.82) is 0 Å². The number of thioether (sulfide) groups is 1. The van der Waals surface area contributed by atoms with Gasteiger partial charge in [0.25, 0.3) is 0 Å². The van der Waals surface area contributed by atoms with E-state index >= 15 is 0 Å². The van der Waals surface area contributed by atoms with Gasteiger partial charge in [-0.2, -0.15) is 0 Å². The van der Waals surface area contributed by atoms with Crippen molar-refractivity contribution in [2.75, 3.05) is 5.94 Å². The molecule has 2 heteroatoms. The van der Waals surface area contributed by atoms with Gasteiger partial charge in [-0.1, -0.05) is 29.5 Å². The third-order valence-electron chi connectivity index (χ3n) is 1.55. The minimum atomic E-state index is 0.157. The number of aliphatic hydroxyl groups is 1. The molecule has 0 saturated carbocycles. The summed E-state index contributed by atoms with van der Waals surface area (Å²) in [6, 6.07) is 6.23. The second-order valence-electron chi connectivity index (χ2n) is 2.54. The number of rotatable bonds is 2. The first kappa shape index (κ1) is 8.62. The predicted octanol–water partition coefficient (Wildman–Crippen LogP) is 2.35. The zero-order valence-electron chi connectivity index (χ0n) is 6.79. The summed E-state index contributed by atoms with van der Waals surface area (Å²) in [6.45, 7) is 4.13. The molecule has 11 heavy (non-hydrogen) atoms. The topological polar surface area (TPSA) is 20.2 Å². The summed E-state index contributed by atoms with van der Waals surface area (Å²) in [5, 5.41) is 8.68. The SMILES string of the molecule is Cc1ccc(SCO)c(C)c1. The Morgan fingerprint density at radius 2 is 2.09 bits per heavy atom. The standard InChI is InChI=1S/C9H12OS/c1-7-3-4-9(11-6-10)8(2)5-7/h3-5,10H,6H2,1-2H3. The van der Waals surface area contributed by atoms with E-state index in [0.29, 0.717) is 0 Å². The molecule has 1 aromatic carbocycles. The lowest BCUT2D eigenvalue weighted by Gasteiger charge is -2.03. The first-order valence-corrected chi connectivity index (χ1v) is 4.53. The van der Waals surface area contributed by atoms with Crippen molar-refractivity contribution in [2.45, 2.75) is 18.7 Å². The average molecular weight is 168 g/mol. The molecule has 1 aromatic rings. The Balaban J connectivity index is 2.90. The van der Waals surface area contributed by atoms with Crippen LogP contribution in [0.4, 0.5) is 0 Å². The predicted molar refractivity (Wildman–Crippen MR) is 48.9 cm³/mol. The first-order chi connectivity index (χ1) is 5.24. The van der Waals surface area contributed by atoms with E-state index in [0.717, 1.165) is 4.90 Å². The summed E-state index contributed by atoms with van der Waals surface area (Å²) in [7, 11) is 0. The lowest BCUT2D eigenvalue weighted by Crippen LogP contribution is -1.82. The van der Waals surface area contributed by atoms with E-state index in [4.69, 9.17) is 5.11 Å². The monoisotopic (exact) mass is 168 g/mol. The molecule has 0 amide bonds. The molecule has 0 radical (unpaired) electrons. The molecule has 0 aromatic heterocycles. The number of aryl methyl sites for hydroxylation is 2. The Labute approximate surface area is 71.4 Å². The Kier molecular flexibility index (Phi) is 2.97. The zero-order valence-corrected chi connectivity index (χ0v) is 7.61. The number of hydrogen-bond acceptors (Lipinski definition) is 2. The van der Waals surface area contributed by atoms with Crippen LogP contribution in [0.3, 0.4) is 0 Å². The fourth-order valence-electron chi connectivity index (χ4n) is 1.03. The minimum Gasteiger partial charge on any atom is -0.385 e. The molecule has 1 N–H and O–H groups in total. The summed E-state index contributed by atoms with van der Waals surface area (Å²) in [6.07, 6.45) is 0. The Hall–Kier alpha value is -0.470. The Morgan fingerprint density at radius 3 is 2.64 bits per heavy atom. The summed E-state index contributed by atoms with van der Waals surface area (Å²) in [5.41, 5.74) is 2.51. The summed E-state index contributed by atoms with van der Waals surface area (Å²) < 4.78 is 0. The molecule has 1 nitrogen and oxygen atoms in total. The maximum absolute atomic E-state index is 8.68. The van der Waals surface area contributed by atoms with E-state index in [2.05, 4.69) is 26.0 Å². The van der Waals surface area contributed by atoms with Gasteiger partial charge in [-0.3, -0.25) is 0 Å². The normalized spacial score (nSPS) is 10.1. The minimum absolute atomic E-state index is 0.157. The largest absolute Gasteiger partial charge is 0.385 e. The third kappa shape index (κ3) is 2.24. The van der Waals surface area contributed by atoms with E-state index in [-0.39, 0.29) is 5.94 Å². The van der Waals surface area contributed by atoms with Crippen LogP contribution >= 0.6 is 11.8 Å². The molecule has 0 aliphatic carbocycles. The van der Waals surface area contributed by atoms with E-state index in [1.54, 1.807) is 0 Å². The number of hydrogen-bond donors (Lipinski definition) is 1. The van der Waals surface area contributed by atoms with Gasteiger partial charge in [-0.15, -0.1) is 0 Å². The molecule has 0 bridgehead atoms. The van der Waals surface area contributed by atoms with Crippen LogP contribution in [0.2, 0.25) is 0 Å². The van der Waals surface area contributed by atoms with E-state index < -0.39 is 0 Å². The van der Waals surface area contributed by atoms with E-state index in [1.807, 2.05) is 6.07 Å². The Morgan fingerprint density at radius 1 is 1.36 bits per heavy atom. The van der Waals surface area contributed by atoms with Gasteiger partial charge < -0.3 is 5.11 Å². The summed E-state index contributed by atoms with van der Waals surface area (Å²) >= 11 is 1.47. The summed E-state index contributed by atoms with van der Waals surface area (Å²) in [4.78, 5) is 1.16. The number of benzene rings is 1. The van der Waals surface area contributed by atoms with Crippen LogP contribution in [0.1, 0.15) is 11.1 Å². The molecule has 0 unspecified atom stereocenters. The second kappa shape index (κ2) is 3.79. The van der Waals surface area contributed by atoms with Crippen molar-refractivity contribution in [1.82, 2.24) is 0 Å². The van der Waals surface area contributed by atoms with Gasteiger partial charge >= 0.3 is 0 Å². The average Bonchev–Trinajstić information content (AvgIpc) is 1.95. The van der Waals surface area contributed by atoms with Crippen LogP contribution in [0, 0.1) is 13.8 Å². The highest BCUT2D eigenvalue weighted by atomic mass is 32.2. The van der Waals surface area contributed by atoms with Crippen molar-refractivity contribution in [3.05, 3.63) is 29.3 Å². The fourth-order valence-corrected chi connectivity index (χ4v) is 1.62. The molecule has 60 valence electrons. The second-order valence-corrected chi connectivity index (χ2v) is 3.53. The van der Waals surface area contributed by atoms with Gasteiger partial charge in [0.15, 0.2) is 0 Å². The van der Waals surface area contributed by atoms with Crippen molar-refractivity contribution in [3.8, 4) is 0 Å². The van der Waals surface area contributed by atoms with Crippen LogP contribution < -0.4 is 0 Å². The van der Waals surface area contributed by atoms with Crippen molar-refractivity contribution >= 4 is 11.8 Å². The quantitative estimate of drug-likeness (QED) is 0.540. The molecule has 0 heterocycles. The van der Waals surface area contributed by atoms with E-state index in [9.17, 15) is 0 Å². The zero-order chi connectivity index (χ0) is 8.27. The van der Waals surface area contributed by atoms with E-state index in [1.165, 1.54) is 22.9 Å². The molecular weight excluding hydrogens is 156 g/mol. The lowest BCUT2D eigenvalue weighted by atomic mass is 10.2. The number of aliphatic hydroxyl groups excluding tert-OH is 1. The molecule has 0 atom stereocenters. The van der Waals surface area contributed by atoms with Gasteiger partial charge in [0.1, 0.15) is 0 Å². The lowest BCUT2D eigenvalue weighted by molar-refractivity contribution is 0.375. The maximum Gasteiger partial charge on any atom is 0.0932 e. The van der Waals surface area contributed by atoms with Crippen LogP contribution in [0.25, 0.3) is 0 Å². The van der Waals surface area contributed by atoms with Crippen LogP contribution in [0.15, 0.2) is 23.1 Å². The molecule has 0 fully saturated rings. The highest BCUT2D eigenvalue weighted by Gasteiger charge is 1.96. The molecule has 0 aliphatic heterocycles. The summed E-state index contributed by atoms with van der Waals surface area (Å²) in [5.74, 6) is 0.157. The van der Waals surface area contributed by atoms with Crippen molar-refractivity contribution < 1.29 is 5.11 Å². The Bertz CT molecular complexity index is 245. The van der Waals surface area contributed by atoms with Crippen LogP contribution in [0.5, 0.6) is 0 Å².